The Morgan fingerprint density at radius 1 is 1.00 bits per heavy atom. The van der Waals surface area contributed by atoms with Crippen molar-refractivity contribution < 1.29 is 5.11 Å². The van der Waals surface area contributed by atoms with Crippen molar-refractivity contribution in [3.05, 3.63) is 30.1 Å². The molecule has 0 radical (unpaired) electrons. The summed E-state index contributed by atoms with van der Waals surface area (Å²) in [6.07, 6.45) is 0.718. The number of aromatic nitrogens is 4. The fraction of sp³-hybridized carbons (Fsp3) is 0.200. The van der Waals surface area contributed by atoms with Crippen LogP contribution in [0.1, 0.15) is 12.7 Å². The molecule has 2 rings (SSSR count). The number of aromatic hydroxyl groups is 1. The monoisotopic (exact) mass is 202 g/mol. The van der Waals surface area contributed by atoms with Crippen LogP contribution in [0.4, 0.5) is 0 Å². The zero-order valence-corrected chi connectivity index (χ0v) is 8.25. The minimum absolute atomic E-state index is 0.213. The molecule has 2 aromatic rings. The first-order valence-corrected chi connectivity index (χ1v) is 4.65. The van der Waals surface area contributed by atoms with Gasteiger partial charge in [0.05, 0.1) is 0 Å². The van der Waals surface area contributed by atoms with Crippen molar-refractivity contribution in [2.45, 2.75) is 13.3 Å². The Bertz CT molecular complexity index is 438. The van der Waals surface area contributed by atoms with E-state index in [1.807, 2.05) is 6.92 Å². The molecule has 0 saturated heterocycles. The van der Waals surface area contributed by atoms with Crippen LogP contribution in [0.15, 0.2) is 24.3 Å². The number of aryl methyl sites for hydroxylation is 1. The molecule has 15 heavy (non-hydrogen) atoms. The van der Waals surface area contributed by atoms with Crippen LogP contribution >= 0.6 is 0 Å². The van der Waals surface area contributed by atoms with Crippen LogP contribution in [-0.2, 0) is 6.42 Å². The Balaban J connectivity index is 2.33. The van der Waals surface area contributed by atoms with Gasteiger partial charge in [0.25, 0.3) is 0 Å². The zero-order valence-electron chi connectivity index (χ0n) is 8.25. The Labute approximate surface area is 86.8 Å². The fourth-order valence-electron chi connectivity index (χ4n) is 1.12. The minimum atomic E-state index is 0.213. The first-order valence-electron chi connectivity index (χ1n) is 4.65. The fourth-order valence-corrected chi connectivity index (χ4v) is 1.12. The molecule has 0 atom stereocenters. The molecule has 0 aliphatic heterocycles. The summed E-state index contributed by atoms with van der Waals surface area (Å²) >= 11 is 0. The highest BCUT2D eigenvalue weighted by Gasteiger charge is 2.02. The first kappa shape index (κ1) is 9.51. The normalized spacial score (nSPS) is 10.2. The van der Waals surface area contributed by atoms with Gasteiger partial charge in [0, 0.05) is 12.0 Å². The highest BCUT2D eigenvalue weighted by atomic mass is 16.3. The third-order valence-corrected chi connectivity index (χ3v) is 1.96. The molecule has 1 aromatic heterocycles. The molecule has 5 heteroatoms. The Morgan fingerprint density at radius 3 is 2.13 bits per heavy atom. The van der Waals surface area contributed by atoms with E-state index in [0.29, 0.717) is 11.6 Å². The largest absolute Gasteiger partial charge is 0.508 e. The SMILES string of the molecule is CCc1nnc(-c2ccc(O)cc2)nn1. The third-order valence-electron chi connectivity index (χ3n) is 1.96. The zero-order chi connectivity index (χ0) is 10.7. The number of phenolic OH excluding ortho intramolecular Hbond substituents is 1. The van der Waals surface area contributed by atoms with Gasteiger partial charge in [0.15, 0.2) is 5.82 Å². The summed E-state index contributed by atoms with van der Waals surface area (Å²) < 4.78 is 0. The van der Waals surface area contributed by atoms with Crippen LogP contribution < -0.4 is 0 Å². The van der Waals surface area contributed by atoms with Gasteiger partial charge >= 0.3 is 0 Å². The van der Waals surface area contributed by atoms with Crippen molar-refractivity contribution in [1.29, 1.82) is 0 Å². The summed E-state index contributed by atoms with van der Waals surface area (Å²) in [5.74, 6) is 1.30. The van der Waals surface area contributed by atoms with Crippen LogP contribution in [0.5, 0.6) is 5.75 Å². The lowest BCUT2D eigenvalue weighted by Crippen LogP contribution is -2.01. The Morgan fingerprint density at radius 2 is 1.60 bits per heavy atom. The molecule has 0 fully saturated rings. The lowest BCUT2D eigenvalue weighted by atomic mass is 10.2. The van der Waals surface area contributed by atoms with Crippen molar-refractivity contribution in [2.75, 3.05) is 0 Å². The average Bonchev–Trinajstić information content (AvgIpc) is 2.30. The predicted molar refractivity (Wildman–Crippen MR) is 54.1 cm³/mol. The standard InChI is InChI=1S/C10H10N4O/c1-2-9-11-13-10(14-12-9)7-3-5-8(15)6-4-7/h3-6,15H,2H2,1H3. The van der Waals surface area contributed by atoms with Crippen molar-refractivity contribution in [3.63, 3.8) is 0 Å². The van der Waals surface area contributed by atoms with E-state index in [1.165, 1.54) is 0 Å². The number of hydrogen-bond donors (Lipinski definition) is 1. The minimum Gasteiger partial charge on any atom is -0.508 e. The lowest BCUT2D eigenvalue weighted by molar-refractivity contribution is 0.475. The Kier molecular flexibility index (Phi) is 2.53. The number of nitrogens with zero attached hydrogens (tertiary/aromatic N) is 4. The van der Waals surface area contributed by atoms with Gasteiger partial charge in [-0.05, 0) is 24.3 Å². The number of phenols is 1. The third kappa shape index (κ3) is 2.07. The van der Waals surface area contributed by atoms with Crippen LogP contribution in [0.2, 0.25) is 0 Å². The topological polar surface area (TPSA) is 71.8 Å². The van der Waals surface area contributed by atoms with Gasteiger partial charge in [0.1, 0.15) is 5.75 Å². The molecule has 0 saturated carbocycles. The van der Waals surface area contributed by atoms with Gasteiger partial charge in [-0.15, -0.1) is 20.4 Å². The molecular formula is C10H10N4O. The molecule has 0 aliphatic carbocycles. The van der Waals surface area contributed by atoms with Gasteiger partial charge in [-0.2, -0.15) is 0 Å². The highest BCUT2D eigenvalue weighted by molar-refractivity contribution is 5.54. The maximum Gasteiger partial charge on any atom is 0.203 e. The summed E-state index contributed by atoms with van der Waals surface area (Å²) in [6, 6.07) is 6.60. The molecule has 76 valence electrons. The number of rotatable bonds is 2. The summed E-state index contributed by atoms with van der Waals surface area (Å²) in [5.41, 5.74) is 0.787. The predicted octanol–water partition coefficient (Wildman–Crippen LogP) is 1.20. The Hall–Kier alpha value is -2.04. The summed E-state index contributed by atoms with van der Waals surface area (Å²) in [7, 11) is 0. The number of hydrogen-bond acceptors (Lipinski definition) is 5. The van der Waals surface area contributed by atoms with Crippen molar-refractivity contribution in [3.8, 4) is 17.1 Å². The quantitative estimate of drug-likeness (QED) is 0.792. The second kappa shape index (κ2) is 4.00. The van der Waals surface area contributed by atoms with E-state index in [2.05, 4.69) is 20.4 Å². The second-order valence-electron chi connectivity index (χ2n) is 3.04. The summed E-state index contributed by atoms with van der Waals surface area (Å²) in [6.45, 7) is 1.94. The van der Waals surface area contributed by atoms with E-state index in [9.17, 15) is 0 Å². The van der Waals surface area contributed by atoms with Gasteiger partial charge in [-0.3, -0.25) is 0 Å². The maximum absolute atomic E-state index is 9.11. The van der Waals surface area contributed by atoms with E-state index in [4.69, 9.17) is 5.11 Å². The average molecular weight is 202 g/mol. The molecule has 0 amide bonds. The van der Waals surface area contributed by atoms with Crippen molar-refractivity contribution >= 4 is 0 Å². The molecule has 0 unspecified atom stereocenters. The van der Waals surface area contributed by atoms with E-state index in [0.717, 1.165) is 12.0 Å². The molecule has 5 nitrogen and oxygen atoms in total. The molecule has 0 aliphatic rings. The molecule has 0 spiro atoms. The van der Waals surface area contributed by atoms with E-state index in [-0.39, 0.29) is 5.75 Å². The van der Waals surface area contributed by atoms with Crippen LogP contribution in [0, 0.1) is 0 Å². The van der Waals surface area contributed by atoms with E-state index in [1.54, 1.807) is 24.3 Å². The molecule has 1 N–H and O–H groups in total. The van der Waals surface area contributed by atoms with Crippen LogP contribution in [0.3, 0.4) is 0 Å². The smallest absolute Gasteiger partial charge is 0.203 e. The summed E-state index contributed by atoms with van der Waals surface area (Å²) in [4.78, 5) is 0. The molecule has 0 bridgehead atoms. The summed E-state index contributed by atoms with van der Waals surface area (Å²) in [5, 5.41) is 24.8. The van der Waals surface area contributed by atoms with Gasteiger partial charge in [-0.25, -0.2) is 0 Å². The molecule has 1 heterocycles. The van der Waals surface area contributed by atoms with E-state index >= 15 is 0 Å². The lowest BCUT2D eigenvalue weighted by Gasteiger charge is -1.98. The van der Waals surface area contributed by atoms with Crippen molar-refractivity contribution in [2.24, 2.45) is 0 Å². The second-order valence-corrected chi connectivity index (χ2v) is 3.04. The van der Waals surface area contributed by atoms with Crippen LogP contribution in [0.25, 0.3) is 11.4 Å². The van der Waals surface area contributed by atoms with Gasteiger partial charge in [-0.1, -0.05) is 6.92 Å². The van der Waals surface area contributed by atoms with Crippen molar-refractivity contribution in [1.82, 2.24) is 20.4 Å². The van der Waals surface area contributed by atoms with Crippen LogP contribution in [-0.4, -0.2) is 25.5 Å². The van der Waals surface area contributed by atoms with E-state index < -0.39 is 0 Å². The van der Waals surface area contributed by atoms with Gasteiger partial charge in [0.2, 0.25) is 5.82 Å². The molecule has 1 aromatic carbocycles. The first-order chi connectivity index (χ1) is 7.29. The highest BCUT2D eigenvalue weighted by Crippen LogP contribution is 2.16. The maximum atomic E-state index is 9.11. The molecular weight excluding hydrogens is 192 g/mol. The van der Waals surface area contributed by atoms with Gasteiger partial charge < -0.3 is 5.11 Å². The number of benzene rings is 1.